The summed E-state index contributed by atoms with van der Waals surface area (Å²) in [6, 6.07) is 14.7. The Bertz CT molecular complexity index is 711. The first-order chi connectivity index (χ1) is 10.7. The molecule has 114 valence electrons. The predicted molar refractivity (Wildman–Crippen MR) is 89.2 cm³/mol. The van der Waals surface area contributed by atoms with Crippen LogP contribution in [-0.4, -0.2) is 5.97 Å². The summed E-state index contributed by atoms with van der Waals surface area (Å²) in [4.78, 5) is 11.6. The van der Waals surface area contributed by atoms with Gasteiger partial charge < -0.3 is 4.74 Å². The van der Waals surface area contributed by atoms with Crippen LogP contribution in [0.1, 0.15) is 51.2 Å². The summed E-state index contributed by atoms with van der Waals surface area (Å²) in [5, 5.41) is 0. The number of rotatable bonds is 4. The van der Waals surface area contributed by atoms with E-state index in [2.05, 4.69) is 50.2 Å². The Morgan fingerprint density at radius 2 is 1.64 bits per heavy atom. The van der Waals surface area contributed by atoms with Gasteiger partial charge in [-0.05, 0) is 47.2 Å². The first kappa shape index (κ1) is 14.8. The van der Waals surface area contributed by atoms with Gasteiger partial charge in [-0.2, -0.15) is 0 Å². The molecule has 0 spiro atoms. The van der Waals surface area contributed by atoms with Crippen LogP contribution in [0.2, 0.25) is 0 Å². The molecule has 0 saturated heterocycles. The molecule has 2 aromatic carbocycles. The molecule has 0 bridgehead atoms. The van der Waals surface area contributed by atoms with Gasteiger partial charge >= 0.3 is 5.97 Å². The Hall–Kier alpha value is -2.09. The van der Waals surface area contributed by atoms with Gasteiger partial charge in [0.2, 0.25) is 0 Å². The van der Waals surface area contributed by atoms with Crippen molar-refractivity contribution in [1.82, 2.24) is 0 Å². The molecule has 0 unspecified atom stereocenters. The van der Waals surface area contributed by atoms with E-state index in [-0.39, 0.29) is 11.4 Å². The molecule has 0 saturated carbocycles. The molecule has 1 aliphatic rings. The topological polar surface area (TPSA) is 26.3 Å². The normalized spacial score (nSPS) is 14.3. The standard InChI is InChI=1S/C20H22O2/c1-4-19(21)22-14-11-12-16-15-9-7-8-10-17(15)20(5-2,6-3)18(16)13-14/h7-13H,4-6H2,1-3H3. The van der Waals surface area contributed by atoms with Crippen molar-refractivity contribution >= 4 is 5.97 Å². The fourth-order valence-corrected chi connectivity index (χ4v) is 3.71. The zero-order valence-electron chi connectivity index (χ0n) is 13.5. The van der Waals surface area contributed by atoms with Gasteiger partial charge in [0, 0.05) is 11.8 Å². The van der Waals surface area contributed by atoms with Crippen LogP contribution >= 0.6 is 0 Å². The predicted octanol–water partition coefficient (Wildman–Crippen LogP) is 5.09. The van der Waals surface area contributed by atoms with Crippen LogP contribution in [0, 0.1) is 0 Å². The van der Waals surface area contributed by atoms with E-state index in [1.807, 2.05) is 13.0 Å². The Kier molecular flexibility index (Phi) is 3.78. The van der Waals surface area contributed by atoms with Crippen LogP contribution in [0.5, 0.6) is 5.75 Å². The van der Waals surface area contributed by atoms with Crippen LogP contribution in [0.3, 0.4) is 0 Å². The van der Waals surface area contributed by atoms with E-state index >= 15 is 0 Å². The molecule has 0 fully saturated rings. The monoisotopic (exact) mass is 294 g/mol. The third-order valence-corrected chi connectivity index (χ3v) is 4.97. The maximum atomic E-state index is 11.6. The van der Waals surface area contributed by atoms with Crippen molar-refractivity contribution in [3.05, 3.63) is 53.6 Å². The molecule has 0 N–H and O–H groups in total. The number of hydrogen-bond donors (Lipinski definition) is 0. The third-order valence-electron chi connectivity index (χ3n) is 4.97. The highest BCUT2D eigenvalue weighted by molar-refractivity contribution is 5.82. The Morgan fingerprint density at radius 1 is 0.955 bits per heavy atom. The number of benzene rings is 2. The number of carbonyl (C=O) groups is 1. The summed E-state index contributed by atoms with van der Waals surface area (Å²) in [5.41, 5.74) is 5.31. The fourth-order valence-electron chi connectivity index (χ4n) is 3.71. The lowest BCUT2D eigenvalue weighted by Crippen LogP contribution is -2.23. The molecule has 22 heavy (non-hydrogen) atoms. The minimum Gasteiger partial charge on any atom is -0.427 e. The van der Waals surface area contributed by atoms with Crippen molar-refractivity contribution in [1.29, 1.82) is 0 Å². The maximum Gasteiger partial charge on any atom is 0.310 e. The third kappa shape index (κ3) is 2.06. The summed E-state index contributed by atoms with van der Waals surface area (Å²) in [6.07, 6.45) is 2.47. The molecule has 0 aromatic heterocycles. The van der Waals surface area contributed by atoms with Crippen LogP contribution in [0.4, 0.5) is 0 Å². The lowest BCUT2D eigenvalue weighted by Gasteiger charge is -2.29. The minimum absolute atomic E-state index is 0.0283. The van der Waals surface area contributed by atoms with Crippen LogP contribution in [0.25, 0.3) is 11.1 Å². The van der Waals surface area contributed by atoms with Gasteiger partial charge in [0.15, 0.2) is 0 Å². The van der Waals surface area contributed by atoms with Crippen LogP contribution < -0.4 is 4.74 Å². The summed E-state index contributed by atoms with van der Waals surface area (Å²) in [5.74, 6) is 0.471. The zero-order valence-corrected chi connectivity index (χ0v) is 13.5. The SMILES string of the molecule is CCC(=O)Oc1ccc2c(c1)C(CC)(CC)c1ccccc1-2. The highest BCUT2D eigenvalue weighted by Gasteiger charge is 2.40. The molecular weight excluding hydrogens is 272 g/mol. The average molecular weight is 294 g/mol. The number of ether oxygens (including phenoxy) is 1. The summed E-state index contributed by atoms with van der Waals surface area (Å²) in [6.45, 7) is 6.29. The Labute approximate surface area is 132 Å². The van der Waals surface area contributed by atoms with Crippen LogP contribution in [-0.2, 0) is 10.2 Å². The van der Waals surface area contributed by atoms with E-state index < -0.39 is 0 Å². The van der Waals surface area contributed by atoms with Gasteiger partial charge in [-0.3, -0.25) is 4.79 Å². The first-order valence-electron chi connectivity index (χ1n) is 8.11. The van der Waals surface area contributed by atoms with Gasteiger partial charge in [-0.15, -0.1) is 0 Å². The van der Waals surface area contributed by atoms with Crippen molar-refractivity contribution in [2.24, 2.45) is 0 Å². The lowest BCUT2D eigenvalue weighted by atomic mass is 9.74. The Morgan fingerprint density at radius 3 is 2.32 bits per heavy atom. The van der Waals surface area contributed by atoms with E-state index in [0.29, 0.717) is 12.2 Å². The highest BCUT2D eigenvalue weighted by Crippen LogP contribution is 2.53. The van der Waals surface area contributed by atoms with Crippen molar-refractivity contribution in [2.75, 3.05) is 0 Å². The molecule has 0 aliphatic heterocycles. The molecule has 0 heterocycles. The highest BCUT2D eigenvalue weighted by atomic mass is 16.5. The second kappa shape index (κ2) is 5.60. The van der Waals surface area contributed by atoms with Gasteiger partial charge in [0.1, 0.15) is 5.75 Å². The van der Waals surface area contributed by atoms with Gasteiger partial charge in [-0.1, -0.05) is 51.1 Å². The number of hydrogen-bond acceptors (Lipinski definition) is 2. The zero-order chi connectivity index (χ0) is 15.7. The Balaban J connectivity index is 2.16. The largest absolute Gasteiger partial charge is 0.427 e. The summed E-state index contributed by atoms with van der Waals surface area (Å²) < 4.78 is 5.43. The van der Waals surface area contributed by atoms with E-state index in [0.717, 1.165) is 12.8 Å². The van der Waals surface area contributed by atoms with E-state index in [1.165, 1.54) is 22.3 Å². The molecule has 2 heteroatoms. The first-order valence-corrected chi connectivity index (χ1v) is 8.11. The van der Waals surface area contributed by atoms with Crippen molar-refractivity contribution in [2.45, 2.75) is 45.4 Å². The van der Waals surface area contributed by atoms with E-state index in [9.17, 15) is 4.79 Å². The van der Waals surface area contributed by atoms with E-state index in [4.69, 9.17) is 4.74 Å². The average Bonchev–Trinajstić information content (AvgIpc) is 2.84. The molecule has 0 radical (unpaired) electrons. The van der Waals surface area contributed by atoms with Gasteiger partial charge in [-0.25, -0.2) is 0 Å². The molecule has 2 nitrogen and oxygen atoms in total. The molecular formula is C20H22O2. The van der Waals surface area contributed by atoms with Crippen molar-refractivity contribution in [3.8, 4) is 16.9 Å². The lowest BCUT2D eigenvalue weighted by molar-refractivity contribution is -0.134. The molecule has 2 aromatic rings. The smallest absolute Gasteiger partial charge is 0.310 e. The number of esters is 1. The number of fused-ring (bicyclic) bond motifs is 3. The fraction of sp³-hybridized carbons (Fsp3) is 0.350. The second-order valence-corrected chi connectivity index (χ2v) is 5.87. The second-order valence-electron chi connectivity index (χ2n) is 5.87. The van der Waals surface area contributed by atoms with Gasteiger partial charge in [0.05, 0.1) is 0 Å². The molecule has 3 rings (SSSR count). The molecule has 0 amide bonds. The van der Waals surface area contributed by atoms with Crippen molar-refractivity contribution in [3.63, 3.8) is 0 Å². The minimum atomic E-state index is -0.186. The summed E-state index contributed by atoms with van der Waals surface area (Å²) in [7, 11) is 0. The quantitative estimate of drug-likeness (QED) is 0.580. The van der Waals surface area contributed by atoms with Crippen LogP contribution in [0.15, 0.2) is 42.5 Å². The van der Waals surface area contributed by atoms with Crippen molar-refractivity contribution < 1.29 is 9.53 Å². The maximum absolute atomic E-state index is 11.6. The number of carbonyl (C=O) groups excluding carboxylic acids is 1. The van der Waals surface area contributed by atoms with Gasteiger partial charge in [0.25, 0.3) is 0 Å². The molecule has 0 atom stereocenters. The van der Waals surface area contributed by atoms with E-state index in [1.54, 1.807) is 0 Å². The summed E-state index contributed by atoms with van der Waals surface area (Å²) >= 11 is 0. The molecule has 1 aliphatic carbocycles.